The second kappa shape index (κ2) is 8.20. The van der Waals surface area contributed by atoms with Crippen LogP contribution in [-0.4, -0.2) is 11.6 Å². The maximum atomic E-state index is 6.41. The number of hydrogen-bond acceptors (Lipinski definition) is 1. The number of rotatable bonds is 6. The predicted molar refractivity (Wildman–Crippen MR) is 124 cm³/mol. The molecule has 1 atom stereocenters. The van der Waals surface area contributed by atoms with Gasteiger partial charge >= 0.3 is 0 Å². The van der Waals surface area contributed by atoms with E-state index in [1.54, 1.807) is 0 Å². The highest BCUT2D eigenvalue weighted by Gasteiger charge is 2.38. The number of fused-ring (bicyclic) bond motifs is 3. The highest BCUT2D eigenvalue weighted by Crippen LogP contribution is 2.43. The summed E-state index contributed by atoms with van der Waals surface area (Å²) in [5.41, 5.74) is 7.77. The third-order valence-corrected chi connectivity index (χ3v) is 6.40. The molecule has 0 bridgehead atoms. The van der Waals surface area contributed by atoms with Gasteiger partial charge in [-0.1, -0.05) is 76.6 Å². The van der Waals surface area contributed by atoms with Gasteiger partial charge < -0.3 is 9.72 Å². The number of aromatic amines is 1. The van der Waals surface area contributed by atoms with Crippen LogP contribution in [0, 0.1) is 0 Å². The number of aromatic nitrogens is 1. The Morgan fingerprint density at radius 3 is 2.59 bits per heavy atom. The van der Waals surface area contributed by atoms with Crippen LogP contribution in [0.25, 0.3) is 23.1 Å². The van der Waals surface area contributed by atoms with E-state index in [0.717, 1.165) is 32.3 Å². The molecule has 1 aliphatic heterocycles. The third kappa shape index (κ3) is 3.67. The minimum Gasteiger partial charge on any atom is -0.368 e. The minimum absolute atomic E-state index is 0.167. The quantitative estimate of drug-likeness (QED) is 0.437. The summed E-state index contributed by atoms with van der Waals surface area (Å²) in [5.74, 6) is 0.500. The molecular formula is C27H33NO. The van der Waals surface area contributed by atoms with Crippen molar-refractivity contribution in [3.63, 3.8) is 0 Å². The number of hydrogen-bond donors (Lipinski definition) is 1. The second-order valence-electron chi connectivity index (χ2n) is 8.61. The molecule has 152 valence electrons. The summed E-state index contributed by atoms with van der Waals surface area (Å²) in [6, 6.07) is 15.3. The van der Waals surface area contributed by atoms with E-state index in [2.05, 4.69) is 87.3 Å². The Morgan fingerprint density at radius 1 is 1.10 bits per heavy atom. The lowest BCUT2D eigenvalue weighted by Gasteiger charge is -2.36. The van der Waals surface area contributed by atoms with E-state index in [1.165, 1.54) is 38.9 Å². The van der Waals surface area contributed by atoms with Crippen molar-refractivity contribution < 1.29 is 4.74 Å². The van der Waals surface area contributed by atoms with Crippen molar-refractivity contribution in [1.29, 1.82) is 0 Å². The molecule has 1 N–H and O–H groups in total. The smallest absolute Gasteiger partial charge is 0.108 e. The van der Waals surface area contributed by atoms with Crippen LogP contribution in [0.5, 0.6) is 0 Å². The molecule has 0 amide bonds. The molecule has 1 aromatic heterocycles. The van der Waals surface area contributed by atoms with E-state index in [1.807, 2.05) is 0 Å². The van der Waals surface area contributed by atoms with Gasteiger partial charge in [0.2, 0.25) is 0 Å². The van der Waals surface area contributed by atoms with Crippen molar-refractivity contribution in [2.24, 2.45) is 0 Å². The minimum atomic E-state index is -0.167. The van der Waals surface area contributed by atoms with E-state index in [4.69, 9.17) is 4.74 Å². The van der Waals surface area contributed by atoms with Crippen LogP contribution in [0.1, 0.15) is 80.8 Å². The third-order valence-electron chi connectivity index (χ3n) is 6.40. The lowest BCUT2D eigenvalue weighted by atomic mass is 9.85. The van der Waals surface area contributed by atoms with Crippen molar-refractivity contribution in [3.05, 3.63) is 70.4 Å². The molecule has 0 saturated carbocycles. The van der Waals surface area contributed by atoms with E-state index in [-0.39, 0.29) is 5.60 Å². The van der Waals surface area contributed by atoms with Crippen molar-refractivity contribution in [2.75, 3.05) is 6.61 Å². The molecule has 0 spiro atoms. The van der Waals surface area contributed by atoms with Crippen molar-refractivity contribution >= 4 is 23.1 Å². The first kappa shape index (κ1) is 20.0. The summed E-state index contributed by atoms with van der Waals surface area (Å²) < 4.78 is 6.41. The van der Waals surface area contributed by atoms with Gasteiger partial charge in [-0.2, -0.15) is 0 Å². The molecule has 0 fully saturated rings. The first-order chi connectivity index (χ1) is 14.1. The normalized spacial score (nSPS) is 19.3. The molecule has 2 aromatic carbocycles. The molecule has 2 nitrogen and oxygen atoms in total. The first-order valence-electron chi connectivity index (χ1n) is 11.1. The Balaban J connectivity index is 1.91. The van der Waals surface area contributed by atoms with Gasteiger partial charge in [-0.15, -0.1) is 0 Å². The molecule has 0 saturated heterocycles. The SMILES string of the molecule is CCCC1(CC)OCCc2c1[nH]c1c(/C=C/c3ccccc3)cc(C(C)C)cc21. The van der Waals surface area contributed by atoms with Gasteiger partial charge in [0.25, 0.3) is 0 Å². The Kier molecular flexibility index (Phi) is 5.65. The van der Waals surface area contributed by atoms with Crippen LogP contribution in [-0.2, 0) is 16.8 Å². The maximum Gasteiger partial charge on any atom is 0.108 e. The number of benzene rings is 2. The van der Waals surface area contributed by atoms with Crippen molar-refractivity contribution in [3.8, 4) is 0 Å². The molecule has 0 aliphatic carbocycles. The fourth-order valence-corrected chi connectivity index (χ4v) is 4.74. The predicted octanol–water partition coefficient (Wildman–Crippen LogP) is 7.44. The molecule has 2 heterocycles. The second-order valence-corrected chi connectivity index (χ2v) is 8.61. The highest BCUT2D eigenvalue weighted by molar-refractivity contribution is 5.94. The molecule has 1 unspecified atom stereocenters. The zero-order valence-electron chi connectivity index (χ0n) is 18.2. The largest absolute Gasteiger partial charge is 0.368 e. The van der Waals surface area contributed by atoms with Crippen LogP contribution in [0.3, 0.4) is 0 Å². The maximum absolute atomic E-state index is 6.41. The summed E-state index contributed by atoms with van der Waals surface area (Å²) in [6.45, 7) is 9.88. The molecule has 0 radical (unpaired) electrons. The summed E-state index contributed by atoms with van der Waals surface area (Å²) in [6.07, 6.45) is 8.67. The summed E-state index contributed by atoms with van der Waals surface area (Å²) in [7, 11) is 0. The highest BCUT2D eigenvalue weighted by atomic mass is 16.5. The van der Waals surface area contributed by atoms with Gasteiger partial charge in [0.1, 0.15) is 5.60 Å². The lowest BCUT2D eigenvalue weighted by Crippen LogP contribution is -2.35. The number of ether oxygens (including phenoxy) is 1. The van der Waals surface area contributed by atoms with Gasteiger partial charge in [-0.25, -0.2) is 0 Å². The van der Waals surface area contributed by atoms with Crippen molar-refractivity contribution in [2.45, 2.75) is 64.9 Å². The Hall–Kier alpha value is -2.32. The summed E-state index contributed by atoms with van der Waals surface area (Å²) in [4.78, 5) is 3.84. The van der Waals surface area contributed by atoms with Crippen LogP contribution in [0.2, 0.25) is 0 Å². The average molecular weight is 388 g/mol. The molecular weight excluding hydrogens is 354 g/mol. The zero-order valence-corrected chi connectivity index (χ0v) is 18.2. The van der Waals surface area contributed by atoms with Crippen molar-refractivity contribution in [1.82, 2.24) is 4.98 Å². The van der Waals surface area contributed by atoms with Gasteiger partial charge in [-0.3, -0.25) is 0 Å². The topological polar surface area (TPSA) is 25.0 Å². The van der Waals surface area contributed by atoms with Crippen LogP contribution in [0.15, 0.2) is 42.5 Å². The standard InChI is InChI=1S/C27H33NO/c1-5-15-27(6-2)26-23(14-16-29-27)24-18-22(19(3)4)17-21(25(24)28-26)13-12-20-10-8-7-9-11-20/h7-13,17-19,28H,5-6,14-16H2,1-4H3/b13-12+. The van der Waals surface area contributed by atoms with E-state index in [0.29, 0.717) is 5.92 Å². The van der Waals surface area contributed by atoms with Gasteiger partial charge in [0, 0.05) is 5.39 Å². The average Bonchev–Trinajstić information content (AvgIpc) is 3.13. The fraction of sp³-hybridized carbons (Fsp3) is 0.407. The van der Waals surface area contributed by atoms with Crippen LogP contribution < -0.4 is 0 Å². The first-order valence-corrected chi connectivity index (χ1v) is 11.1. The monoisotopic (exact) mass is 387 g/mol. The Morgan fingerprint density at radius 2 is 1.90 bits per heavy atom. The van der Waals surface area contributed by atoms with E-state index in [9.17, 15) is 0 Å². The van der Waals surface area contributed by atoms with Gasteiger partial charge in [-0.05, 0) is 59.6 Å². The van der Waals surface area contributed by atoms with Crippen LogP contribution in [0.4, 0.5) is 0 Å². The summed E-state index contributed by atoms with van der Waals surface area (Å²) in [5, 5.41) is 1.39. The number of nitrogens with one attached hydrogen (secondary N) is 1. The number of H-pyrrole nitrogens is 1. The van der Waals surface area contributed by atoms with Gasteiger partial charge in [0.05, 0.1) is 17.8 Å². The summed E-state index contributed by atoms with van der Waals surface area (Å²) >= 11 is 0. The zero-order chi connectivity index (χ0) is 20.4. The Labute approximate surface area is 175 Å². The molecule has 4 rings (SSSR count). The molecule has 29 heavy (non-hydrogen) atoms. The van der Waals surface area contributed by atoms with E-state index < -0.39 is 0 Å². The molecule has 1 aliphatic rings. The Bertz CT molecular complexity index is 1010. The fourth-order valence-electron chi connectivity index (χ4n) is 4.74. The van der Waals surface area contributed by atoms with Gasteiger partial charge in [0.15, 0.2) is 0 Å². The molecule has 3 aromatic rings. The lowest BCUT2D eigenvalue weighted by molar-refractivity contribution is -0.0723. The van der Waals surface area contributed by atoms with Crippen LogP contribution >= 0.6 is 0 Å². The van der Waals surface area contributed by atoms with E-state index >= 15 is 0 Å². The molecule has 2 heteroatoms.